The first-order valence-electron chi connectivity index (χ1n) is 11.1. The molecule has 1 aromatic carbocycles. The maximum Gasteiger partial charge on any atom is 0.221 e. The summed E-state index contributed by atoms with van der Waals surface area (Å²) in [6.07, 6.45) is 4.64. The predicted octanol–water partition coefficient (Wildman–Crippen LogP) is 6.88. The molecule has 1 fully saturated rings. The van der Waals surface area contributed by atoms with Gasteiger partial charge in [0.15, 0.2) is 0 Å². The van der Waals surface area contributed by atoms with E-state index in [2.05, 4.69) is 65.6 Å². The van der Waals surface area contributed by atoms with E-state index in [1.165, 1.54) is 12.8 Å². The summed E-state index contributed by atoms with van der Waals surface area (Å²) >= 11 is 0. The third kappa shape index (κ3) is 6.71. The van der Waals surface area contributed by atoms with Crippen molar-refractivity contribution in [3.8, 4) is 0 Å². The first-order chi connectivity index (χ1) is 13.1. The van der Waals surface area contributed by atoms with Crippen LogP contribution in [0.25, 0.3) is 0 Å². The highest BCUT2D eigenvalue weighted by Gasteiger charge is 2.38. The van der Waals surface area contributed by atoms with Crippen molar-refractivity contribution in [2.24, 2.45) is 23.7 Å². The van der Waals surface area contributed by atoms with Crippen molar-refractivity contribution >= 4 is 7.37 Å². The van der Waals surface area contributed by atoms with Crippen LogP contribution in [0, 0.1) is 23.7 Å². The molecule has 4 heteroatoms. The molecule has 1 aliphatic carbocycles. The fourth-order valence-electron chi connectivity index (χ4n) is 4.44. The van der Waals surface area contributed by atoms with Crippen LogP contribution in [-0.2, 0) is 15.3 Å². The van der Waals surface area contributed by atoms with Gasteiger partial charge in [0.25, 0.3) is 0 Å². The molecule has 0 bridgehead atoms. The Morgan fingerprint density at radius 2 is 1.75 bits per heavy atom. The summed E-state index contributed by atoms with van der Waals surface area (Å²) in [4.78, 5) is 2.24. The fourth-order valence-corrected chi connectivity index (χ4v) is 7.12. The molecular weight excluding hydrogens is 365 g/mol. The quantitative estimate of drug-likeness (QED) is 0.418. The standard InChI is InChI=1S/C24H42NO2P/c1-18(2)21(6)25(7)17-28(26,16-22-11-9-8-10-12-22)27-24-15-20(5)13-14-23(24)19(3)4/h8-12,18-21,23-24H,13-17H2,1-7H3. The highest BCUT2D eigenvalue weighted by molar-refractivity contribution is 7.58. The zero-order valence-electron chi connectivity index (χ0n) is 19.1. The molecule has 1 aromatic rings. The number of hydrogen-bond acceptors (Lipinski definition) is 3. The molecule has 5 unspecified atom stereocenters. The summed E-state index contributed by atoms with van der Waals surface area (Å²) in [6.45, 7) is 13.5. The van der Waals surface area contributed by atoms with Crippen LogP contribution in [0.5, 0.6) is 0 Å². The van der Waals surface area contributed by atoms with Crippen LogP contribution >= 0.6 is 7.37 Å². The van der Waals surface area contributed by atoms with E-state index >= 15 is 0 Å². The molecule has 1 saturated carbocycles. The second-order valence-corrected chi connectivity index (χ2v) is 12.3. The minimum absolute atomic E-state index is 0.112. The summed E-state index contributed by atoms with van der Waals surface area (Å²) in [5, 5.41) is 0. The summed E-state index contributed by atoms with van der Waals surface area (Å²) in [5.74, 6) is 2.24. The van der Waals surface area contributed by atoms with Crippen molar-refractivity contribution in [1.82, 2.24) is 4.90 Å². The number of benzene rings is 1. The predicted molar refractivity (Wildman–Crippen MR) is 121 cm³/mol. The summed E-state index contributed by atoms with van der Waals surface area (Å²) in [6, 6.07) is 10.6. The van der Waals surface area contributed by atoms with Gasteiger partial charge in [0.05, 0.1) is 18.6 Å². The van der Waals surface area contributed by atoms with Crippen LogP contribution in [0.3, 0.4) is 0 Å². The second kappa shape index (κ2) is 10.4. The fraction of sp³-hybridized carbons (Fsp3) is 0.750. The zero-order valence-corrected chi connectivity index (χ0v) is 20.0. The lowest BCUT2D eigenvalue weighted by Crippen LogP contribution is -2.37. The van der Waals surface area contributed by atoms with Crippen LogP contribution in [0.1, 0.15) is 66.4 Å². The van der Waals surface area contributed by atoms with Crippen molar-refractivity contribution in [2.75, 3.05) is 13.3 Å². The maximum absolute atomic E-state index is 14.2. The topological polar surface area (TPSA) is 29.5 Å². The Bertz CT molecular complexity index is 631. The summed E-state index contributed by atoms with van der Waals surface area (Å²) in [5.41, 5.74) is 1.11. The van der Waals surface area contributed by atoms with Gasteiger partial charge in [-0.2, -0.15) is 0 Å². The zero-order chi connectivity index (χ0) is 20.9. The Balaban J connectivity index is 2.24. The van der Waals surface area contributed by atoms with E-state index in [4.69, 9.17) is 4.52 Å². The van der Waals surface area contributed by atoms with Gasteiger partial charge < -0.3 is 4.52 Å². The first kappa shape index (κ1) is 23.6. The molecule has 28 heavy (non-hydrogen) atoms. The Morgan fingerprint density at radius 1 is 1.11 bits per heavy atom. The number of hydrogen-bond donors (Lipinski definition) is 0. The molecule has 5 atom stereocenters. The molecule has 160 valence electrons. The average molecular weight is 408 g/mol. The molecule has 0 N–H and O–H groups in total. The van der Waals surface area contributed by atoms with Crippen LogP contribution in [-0.4, -0.2) is 30.4 Å². The van der Waals surface area contributed by atoms with E-state index in [9.17, 15) is 4.57 Å². The molecule has 0 radical (unpaired) electrons. The van der Waals surface area contributed by atoms with Gasteiger partial charge in [-0.05, 0) is 56.0 Å². The van der Waals surface area contributed by atoms with E-state index in [0.29, 0.717) is 42.2 Å². The van der Waals surface area contributed by atoms with Crippen molar-refractivity contribution in [3.63, 3.8) is 0 Å². The maximum atomic E-state index is 14.2. The normalized spacial score (nSPS) is 26.6. The Hall–Kier alpha value is -0.630. The molecule has 0 heterocycles. The first-order valence-corrected chi connectivity index (χ1v) is 13.1. The Labute approximate surface area is 173 Å². The molecule has 0 saturated heterocycles. The number of rotatable bonds is 9. The average Bonchev–Trinajstić information content (AvgIpc) is 2.61. The minimum Gasteiger partial charge on any atom is -0.324 e. The van der Waals surface area contributed by atoms with E-state index in [1.54, 1.807) is 0 Å². The summed E-state index contributed by atoms with van der Waals surface area (Å²) < 4.78 is 20.8. The van der Waals surface area contributed by atoms with Gasteiger partial charge in [-0.3, -0.25) is 9.46 Å². The van der Waals surface area contributed by atoms with Gasteiger partial charge in [0.2, 0.25) is 7.37 Å². The van der Waals surface area contributed by atoms with Gasteiger partial charge in [-0.15, -0.1) is 0 Å². The van der Waals surface area contributed by atoms with E-state index in [-0.39, 0.29) is 6.10 Å². The van der Waals surface area contributed by atoms with Crippen molar-refractivity contribution < 1.29 is 9.09 Å². The van der Waals surface area contributed by atoms with Gasteiger partial charge in [0, 0.05) is 6.04 Å². The molecular formula is C24H42NO2P. The monoisotopic (exact) mass is 407 g/mol. The van der Waals surface area contributed by atoms with Crippen LogP contribution in [0.4, 0.5) is 0 Å². The third-order valence-corrected chi connectivity index (χ3v) is 9.03. The highest BCUT2D eigenvalue weighted by Crippen LogP contribution is 2.55. The van der Waals surface area contributed by atoms with Gasteiger partial charge >= 0.3 is 0 Å². The summed E-state index contributed by atoms with van der Waals surface area (Å²) in [7, 11) is -0.745. The third-order valence-electron chi connectivity index (χ3n) is 6.65. The SMILES string of the molecule is CC1CCC(C(C)C)C(OP(=O)(Cc2ccccc2)CN(C)C(C)C(C)C)C1. The number of nitrogens with zero attached hydrogens (tertiary/aromatic N) is 1. The largest absolute Gasteiger partial charge is 0.324 e. The lowest BCUT2D eigenvalue weighted by molar-refractivity contribution is 0.0454. The van der Waals surface area contributed by atoms with Crippen LogP contribution in [0.15, 0.2) is 30.3 Å². The molecule has 0 aliphatic heterocycles. The Morgan fingerprint density at radius 3 is 2.32 bits per heavy atom. The molecule has 1 aliphatic rings. The lowest BCUT2D eigenvalue weighted by Gasteiger charge is -2.40. The van der Waals surface area contributed by atoms with Gasteiger partial charge in [-0.1, -0.05) is 71.4 Å². The van der Waals surface area contributed by atoms with Crippen molar-refractivity contribution in [3.05, 3.63) is 35.9 Å². The van der Waals surface area contributed by atoms with Crippen molar-refractivity contribution in [2.45, 2.75) is 79.1 Å². The van der Waals surface area contributed by atoms with Gasteiger partial charge in [-0.25, -0.2) is 0 Å². The molecule has 0 aromatic heterocycles. The molecule has 3 nitrogen and oxygen atoms in total. The van der Waals surface area contributed by atoms with E-state index < -0.39 is 7.37 Å². The van der Waals surface area contributed by atoms with E-state index in [1.807, 2.05) is 18.2 Å². The molecule has 0 amide bonds. The van der Waals surface area contributed by atoms with Gasteiger partial charge in [0.1, 0.15) is 0 Å². The van der Waals surface area contributed by atoms with Crippen LogP contribution in [0.2, 0.25) is 0 Å². The Kier molecular flexibility index (Phi) is 8.80. The lowest BCUT2D eigenvalue weighted by atomic mass is 9.75. The molecule has 0 spiro atoms. The van der Waals surface area contributed by atoms with Crippen LogP contribution < -0.4 is 0 Å². The molecule has 2 rings (SSSR count). The highest BCUT2D eigenvalue weighted by atomic mass is 31.2. The van der Waals surface area contributed by atoms with E-state index in [0.717, 1.165) is 12.0 Å². The second-order valence-electron chi connectivity index (χ2n) is 9.81. The van der Waals surface area contributed by atoms with Crippen molar-refractivity contribution in [1.29, 1.82) is 0 Å². The minimum atomic E-state index is -2.84. The smallest absolute Gasteiger partial charge is 0.221 e.